The summed E-state index contributed by atoms with van der Waals surface area (Å²) in [5, 5.41) is 0. The monoisotopic (exact) mass is 1140 g/mol. The molecule has 1 fully saturated rings. The summed E-state index contributed by atoms with van der Waals surface area (Å²) in [5.41, 5.74) is 13.0. The number of nitrogens with zero attached hydrogens (tertiary/aromatic N) is 3. The van der Waals surface area contributed by atoms with Crippen molar-refractivity contribution >= 4 is 11.6 Å². The maximum absolute atomic E-state index is 12.6. The Morgan fingerprint density at radius 1 is 0.566 bits per heavy atom. The van der Waals surface area contributed by atoms with E-state index in [1.807, 2.05) is 113 Å². The minimum atomic E-state index is -0.114. The first-order valence-electron chi connectivity index (χ1n) is 31.4. The van der Waals surface area contributed by atoms with Crippen molar-refractivity contribution in [2.24, 2.45) is 23.5 Å². The van der Waals surface area contributed by atoms with Crippen LogP contribution in [0.25, 0.3) is 0 Å². The van der Waals surface area contributed by atoms with Gasteiger partial charge in [0, 0.05) is 60.2 Å². The highest BCUT2D eigenvalue weighted by Gasteiger charge is 2.24. The van der Waals surface area contributed by atoms with Crippen molar-refractivity contribution in [1.82, 2.24) is 14.7 Å². The molecule has 1 aliphatic rings. The van der Waals surface area contributed by atoms with E-state index in [-0.39, 0.29) is 17.7 Å². The number of hydrogen-bond acceptors (Lipinski definition) is 9. The molecule has 0 aliphatic heterocycles. The average molecular weight is 1140 g/mol. The topological polar surface area (TPSA) is 97.6 Å². The van der Waals surface area contributed by atoms with Gasteiger partial charge in [-0.2, -0.15) is 0 Å². The smallest absolute Gasteiger partial charge is 0.202 e. The van der Waals surface area contributed by atoms with Gasteiger partial charge in [-0.25, -0.2) is 0 Å². The third-order valence-corrected chi connectivity index (χ3v) is 15.2. The number of likely N-dealkylation sites (N-methyl/N-ethyl adjacent to an activating group) is 1. The zero-order valence-electron chi connectivity index (χ0n) is 54.9. The van der Waals surface area contributed by atoms with E-state index in [1.54, 1.807) is 13.8 Å². The normalized spacial score (nSPS) is 13.3. The summed E-state index contributed by atoms with van der Waals surface area (Å²) in [7, 11) is 2.03. The van der Waals surface area contributed by atoms with Crippen molar-refractivity contribution in [3.63, 3.8) is 0 Å². The highest BCUT2D eigenvalue weighted by Crippen LogP contribution is 2.28. The Labute approximate surface area is 507 Å². The van der Waals surface area contributed by atoms with Crippen LogP contribution in [0.2, 0.25) is 0 Å². The fourth-order valence-electron chi connectivity index (χ4n) is 9.16. The number of carbonyl (C=O) groups excluding carboxylic acids is 2. The molecule has 460 valence electrons. The van der Waals surface area contributed by atoms with Crippen LogP contribution >= 0.6 is 0 Å². The number of carbonyl (C=O) groups is 2. The molecule has 5 aromatic carbocycles. The van der Waals surface area contributed by atoms with Crippen molar-refractivity contribution in [2.45, 2.75) is 181 Å². The van der Waals surface area contributed by atoms with Crippen LogP contribution in [-0.4, -0.2) is 85.4 Å². The van der Waals surface area contributed by atoms with Crippen LogP contribution in [0.5, 0.6) is 5.75 Å². The molecule has 0 radical (unpaired) electrons. The average Bonchev–Trinajstić information content (AvgIpc) is 3.69. The Hall–Kier alpha value is -6.32. The van der Waals surface area contributed by atoms with Crippen molar-refractivity contribution < 1.29 is 23.8 Å². The van der Waals surface area contributed by atoms with Gasteiger partial charge in [-0.1, -0.05) is 230 Å². The summed E-state index contributed by atoms with van der Waals surface area (Å²) in [6, 6.07) is 49.3. The van der Waals surface area contributed by atoms with Gasteiger partial charge in [-0.15, -0.1) is 0 Å². The molecular weight excluding hydrogens is 1020 g/mol. The molecule has 3 unspecified atom stereocenters. The molecule has 0 saturated heterocycles. The van der Waals surface area contributed by atoms with Gasteiger partial charge in [0.15, 0.2) is 23.1 Å². The molecular formula is C74H114N4O5. The summed E-state index contributed by atoms with van der Waals surface area (Å²) >= 11 is 0. The lowest BCUT2D eigenvalue weighted by molar-refractivity contribution is -0.118. The van der Waals surface area contributed by atoms with Gasteiger partial charge < -0.3 is 34.6 Å². The predicted molar refractivity (Wildman–Crippen MR) is 354 cm³/mol. The fraction of sp³-hybridized carbons (Fsp3) is 0.514. The lowest BCUT2D eigenvalue weighted by Gasteiger charge is -2.34. The second kappa shape index (κ2) is 46.1. The molecule has 9 heteroatoms. The summed E-state index contributed by atoms with van der Waals surface area (Å²) < 4.78 is 17.6. The molecule has 0 aromatic heterocycles. The van der Waals surface area contributed by atoms with Gasteiger partial charge in [-0.05, 0) is 116 Å². The second-order valence-corrected chi connectivity index (χ2v) is 21.9. The Bertz CT molecular complexity index is 2340. The molecule has 3 atom stereocenters. The van der Waals surface area contributed by atoms with Gasteiger partial charge in [0.2, 0.25) is 5.76 Å². The van der Waals surface area contributed by atoms with E-state index in [0.29, 0.717) is 37.8 Å². The van der Waals surface area contributed by atoms with Crippen molar-refractivity contribution in [3.8, 4) is 5.75 Å². The Morgan fingerprint density at radius 2 is 1.02 bits per heavy atom. The summed E-state index contributed by atoms with van der Waals surface area (Å²) in [6.45, 7) is 36.5. The van der Waals surface area contributed by atoms with Crippen LogP contribution < -0.4 is 10.5 Å². The molecule has 83 heavy (non-hydrogen) atoms. The number of allylic oxidation sites excluding steroid dienone is 3. The molecule has 2 N–H and O–H groups in total. The van der Waals surface area contributed by atoms with Gasteiger partial charge in [0.1, 0.15) is 11.9 Å². The van der Waals surface area contributed by atoms with Crippen LogP contribution in [0.1, 0.15) is 169 Å². The van der Waals surface area contributed by atoms with Gasteiger partial charge in [0.25, 0.3) is 0 Å². The summed E-state index contributed by atoms with van der Waals surface area (Å²) in [4.78, 5) is 31.2. The number of hydrogen-bond donors (Lipinski definition) is 1. The van der Waals surface area contributed by atoms with Crippen LogP contribution in [0.4, 0.5) is 0 Å². The molecule has 0 amide bonds. The van der Waals surface area contributed by atoms with Crippen LogP contribution in [-0.2, 0) is 32.0 Å². The summed E-state index contributed by atoms with van der Waals surface area (Å²) in [6.07, 6.45) is 11.9. The fourth-order valence-corrected chi connectivity index (χ4v) is 9.16. The lowest BCUT2D eigenvalue weighted by Crippen LogP contribution is -2.36. The number of benzene rings is 5. The molecule has 5 aromatic rings. The highest BCUT2D eigenvalue weighted by molar-refractivity contribution is 5.92. The molecule has 6 rings (SSSR count). The highest BCUT2D eigenvalue weighted by atomic mass is 16.5. The van der Waals surface area contributed by atoms with Crippen molar-refractivity contribution in [3.05, 3.63) is 196 Å². The maximum atomic E-state index is 12.6. The standard InChI is InChI=1S/C26H42N2O3.C19H30N2O2.C8H18.3C7H8/c1-6-27(5)26(25(21(4)29)31-19-18-22-12-10-9-11-13-22)28(7-2)20-23-14-16-24(17-15-23)30-8-3;1-5-18(14-20)23-19(16(4)22)15(3)21(6-2)13-12-17-10-8-7-9-11-17;1-5-7(3)8(4)6-2;3*1-7-5-3-2-4-6-7/h14-17,22H,6-13,18-20H2,1-5H3;7-11,18H,5-6,12-14,20H2,1-4H3;7-8H,5-6H2,1-4H3;3*2-6H,1H3/b26-25-;19-15-;;;;. The number of aryl methyl sites for hydroxylation is 3. The molecule has 0 bridgehead atoms. The first-order chi connectivity index (χ1) is 39.9. The number of nitrogens with two attached hydrogens (primary N) is 1. The molecule has 1 aliphatic carbocycles. The van der Waals surface area contributed by atoms with Gasteiger partial charge >= 0.3 is 0 Å². The zero-order valence-corrected chi connectivity index (χ0v) is 54.9. The molecule has 9 nitrogen and oxygen atoms in total. The van der Waals surface area contributed by atoms with Crippen LogP contribution in [0, 0.1) is 38.5 Å². The quantitative estimate of drug-likeness (QED) is 0.0429. The minimum Gasteiger partial charge on any atom is -0.494 e. The maximum Gasteiger partial charge on any atom is 0.202 e. The zero-order chi connectivity index (χ0) is 61.8. The number of Topliss-reactive ketones (excluding diaryl/α,β-unsaturated/α-hetero) is 2. The summed E-state index contributed by atoms with van der Waals surface area (Å²) in [5.74, 6) is 5.21. The van der Waals surface area contributed by atoms with E-state index < -0.39 is 0 Å². The first-order valence-corrected chi connectivity index (χ1v) is 31.4. The van der Waals surface area contributed by atoms with E-state index in [2.05, 4.69) is 145 Å². The number of rotatable bonds is 26. The first kappa shape index (κ1) is 74.7. The largest absolute Gasteiger partial charge is 0.494 e. The molecule has 0 heterocycles. The van der Waals surface area contributed by atoms with Crippen molar-refractivity contribution in [1.29, 1.82) is 0 Å². The third-order valence-electron chi connectivity index (χ3n) is 15.2. The minimum absolute atomic E-state index is 0.0101. The second-order valence-electron chi connectivity index (χ2n) is 21.9. The SMILES string of the molecule is CCC(C)C(C)CC.CCC(CN)O/C(C(C)=O)=C(/C)N(CC)CCc1ccccc1.CCOc1ccc(CN(CC)/C(=C(\OCCC2CCCCC2)C(C)=O)N(C)CC)cc1.Cc1ccccc1.Cc1ccccc1.Cc1ccccc1. The lowest BCUT2D eigenvalue weighted by atomic mass is 9.87. The Kier molecular flexibility index (Phi) is 41.5. The molecule has 1 saturated carbocycles. The van der Waals surface area contributed by atoms with E-state index in [9.17, 15) is 9.59 Å². The van der Waals surface area contributed by atoms with E-state index in [1.165, 1.54) is 72.8 Å². The Balaban J connectivity index is 0.000000568. The van der Waals surface area contributed by atoms with Crippen LogP contribution in [0.15, 0.2) is 169 Å². The predicted octanol–water partition coefficient (Wildman–Crippen LogP) is 17.8. The van der Waals surface area contributed by atoms with E-state index in [0.717, 1.165) is 80.5 Å². The number of ether oxygens (including phenoxy) is 3. The molecule has 0 spiro atoms. The van der Waals surface area contributed by atoms with Crippen molar-refractivity contribution in [2.75, 3.05) is 53.0 Å². The van der Waals surface area contributed by atoms with Crippen LogP contribution in [0.3, 0.4) is 0 Å². The third kappa shape index (κ3) is 32.9. The Morgan fingerprint density at radius 3 is 1.39 bits per heavy atom. The van der Waals surface area contributed by atoms with E-state index >= 15 is 0 Å². The van der Waals surface area contributed by atoms with Gasteiger partial charge in [-0.3, -0.25) is 9.59 Å². The van der Waals surface area contributed by atoms with Gasteiger partial charge in [0.05, 0.1) is 18.9 Å². The number of ketones is 2. The van der Waals surface area contributed by atoms with E-state index in [4.69, 9.17) is 19.9 Å².